The van der Waals surface area contributed by atoms with Crippen LogP contribution in [0.5, 0.6) is 0 Å². The van der Waals surface area contributed by atoms with Gasteiger partial charge in [-0.3, -0.25) is 0 Å². The summed E-state index contributed by atoms with van der Waals surface area (Å²) >= 11 is 1.31. The molecule has 0 fully saturated rings. The number of alkyl halides is 3. The van der Waals surface area contributed by atoms with Crippen molar-refractivity contribution < 1.29 is 13.2 Å². The Hall–Kier alpha value is -0.780. The van der Waals surface area contributed by atoms with Gasteiger partial charge in [0.05, 0.1) is 5.56 Å². The fourth-order valence-corrected chi connectivity index (χ4v) is 1.18. The Bertz CT molecular complexity index is 270. The first-order valence-electron chi connectivity index (χ1n) is 3.56. The maximum Gasteiger partial charge on any atom is 0.419 e. The standard InChI is InChI=1S/C7H7F3N2S/c1-2-13-6-11-3-5(4-12-6)7(8,9)10/h3-4H,2H2,1H3. The van der Waals surface area contributed by atoms with Crippen molar-refractivity contribution in [2.75, 3.05) is 5.75 Å². The molecule has 0 aromatic carbocycles. The summed E-state index contributed by atoms with van der Waals surface area (Å²) in [6.07, 6.45) is -2.76. The van der Waals surface area contributed by atoms with E-state index in [2.05, 4.69) is 9.97 Å². The SMILES string of the molecule is CCSc1ncc(C(F)(F)F)cn1. The summed E-state index contributed by atoms with van der Waals surface area (Å²) in [4.78, 5) is 7.13. The van der Waals surface area contributed by atoms with Crippen LogP contribution in [-0.2, 0) is 6.18 Å². The van der Waals surface area contributed by atoms with Gasteiger partial charge in [0.15, 0.2) is 5.16 Å². The molecule has 0 radical (unpaired) electrons. The minimum Gasteiger partial charge on any atom is -0.231 e. The van der Waals surface area contributed by atoms with E-state index in [0.717, 1.165) is 18.1 Å². The largest absolute Gasteiger partial charge is 0.419 e. The van der Waals surface area contributed by atoms with Crippen LogP contribution >= 0.6 is 11.8 Å². The molecule has 2 nitrogen and oxygen atoms in total. The van der Waals surface area contributed by atoms with E-state index in [4.69, 9.17) is 0 Å². The third kappa shape index (κ3) is 2.87. The first-order valence-corrected chi connectivity index (χ1v) is 4.54. The van der Waals surface area contributed by atoms with Gasteiger partial charge in [0.25, 0.3) is 0 Å². The van der Waals surface area contributed by atoms with Crippen molar-refractivity contribution in [3.8, 4) is 0 Å². The molecule has 1 aromatic heterocycles. The van der Waals surface area contributed by atoms with Crippen molar-refractivity contribution in [3.05, 3.63) is 18.0 Å². The molecular formula is C7H7F3N2S. The molecule has 13 heavy (non-hydrogen) atoms. The first kappa shape index (κ1) is 10.3. The Labute approximate surface area is 77.6 Å². The van der Waals surface area contributed by atoms with Gasteiger partial charge in [-0.05, 0) is 5.75 Å². The number of aromatic nitrogens is 2. The average Bonchev–Trinajstić information content (AvgIpc) is 2.04. The Morgan fingerprint density at radius 3 is 2.23 bits per heavy atom. The summed E-state index contributed by atoms with van der Waals surface area (Å²) in [6.45, 7) is 1.88. The minimum atomic E-state index is -4.35. The lowest BCUT2D eigenvalue weighted by molar-refractivity contribution is -0.138. The molecule has 1 heterocycles. The molecule has 0 unspecified atom stereocenters. The van der Waals surface area contributed by atoms with E-state index in [-0.39, 0.29) is 0 Å². The van der Waals surface area contributed by atoms with Crippen LogP contribution in [0.1, 0.15) is 12.5 Å². The van der Waals surface area contributed by atoms with E-state index in [1.807, 2.05) is 6.92 Å². The van der Waals surface area contributed by atoms with Crippen LogP contribution in [0.25, 0.3) is 0 Å². The Morgan fingerprint density at radius 1 is 1.31 bits per heavy atom. The highest BCUT2D eigenvalue weighted by molar-refractivity contribution is 7.99. The molecular weight excluding hydrogens is 201 g/mol. The Morgan fingerprint density at radius 2 is 1.85 bits per heavy atom. The molecule has 0 saturated heterocycles. The topological polar surface area (TPSA) is 25.8 Å². The Kier molecular flexibility index (Phi) is 3.13. The second kappa shape index (κ2) is 3.95. The van der Waals surface area contributed by atoms with Gasteiger partial charge in [-0.15, -0.1) is 0 Å². The van der Waals surface area contributed by atoms with Gasteiger partial charge in [-0.1, -0.05) is 18.7 Å². The fraction of sp³-hybridized carbons (Fsp3) is 0.429. The van der Waals surface area contributed by atoms with Crippen molar-refractivity contribution in [1.82, 2.24) is 9.97 Å². The predicted molar refractivity (Wildman–Crippen MR) is 43.4 cm³/mol. The van der Waals surface area contributed by atoms with Crippen LogP contribution in [0, 0.1) is 0 Å². The number of hydrogen-bond acceptors (Lipinski definition) is 3. The summed E-state index contributed by atoms with van der Waals surface area (Å²) in [5, 5.41) is 0.371. The Balaban J connectivity index is 2.81. The van der Waals surface area contributed by atoms with E-state index in [9.17, 15) is 13.2 Å². The number of hydrogen-bond donors (Lipinski definition) is 0. The second-order valence-corrected chi connectivity index (χ2v) is 3.42. The lowest BCUT2D eigenvalue weighted by Gasteiger charge is -2.04. The van der Waals surface area contributed by atoms with Crippen molar-refractivity contribution in [2.45, 2.75) is 18.3 Å². The summed E-state index contributed by atoms with van der Waals surface area (Å²) in [5.74, 6) is 0.741. The molecule has 0 bridgehead atoms. The summed E-state index contributed by atoms with van der Waals surface area (Å²) in [7, 11) is 0. The predicted octanol–water partition coefficient (Wildman–Crippen LogP) is 2.61. The third-order valence-corrected chi connectivity index (χ3v) is 1.99. The number of halogens is 3. The van der Waals surface area contributed by atoms with E-state index < -0.39 is 11.7 Å². The smallest absolute Gasteiger partial charge is 0.231 e. The molecule has 72 valence electrons. The molecule has 0 saturated carbocycles. The number of thioether (sulfide) groups is 1. The molecule has 1 rings (SSSR count). The maximum absolute atomic E-state index is 12.0. The zero-order chi connectivity index (χ0) is 9.90. The highest BCUT2D eigenvalue weighted by Crippen LogP contribution is 2.28. The van der Waals surface area contributed by atoms with Crippen molar-refractivity contribution >= 4 is 11.8 Å². The lowest BCUT2D eigenvalue weighted by atomic mass is 10.3. The lowest BCUT2D eigenvalue weighted by Crippen LogP contribution is -2.06. The van der Waals surface area contributed by atoms with E-state index >= 15 is 0 Å². The third-order valence-electron chi connectivity index (χ3n) is 1.23. The van der Waals surface area contributed by atoms with Crippen LogP contribution in [-0.4, -0.2) is 15.7 Å². The van der Waals surface area contributed by atoms with Gasteiger partial charge < -0.3 is 0 Å². The normalized spacial score (nSPS) is 11.7. The molecule has 0 atom stereocenters. The first-order chi connectivity index (χ1) is 6.04. The molecule has 0 spiro atoms. The quantitative estimate of drug-likeness (QED) is 0.552. The highest BCUT2D eigenvalue weighted by Gasteiger charge is 2.31. The monoisotopic (exact) mass is 208 g/mol. The van der Waals surface area contributed by atoms with Gasteiger partial charge in [-0.25, -0.2) is 9.97 Å². The van der Waals surface area contributed by atoms with Gasteiger partial charge in [0.2, 0.25) is 0 Å². The molecule has 1 aromatic rings. The zero-order valence-corrected chi connectivity index (χ0v) is 7.61. The number of nitrogens with zero attached hydrogens (tertiary/aromatic N) is 2. The minimum absolute atomic E-state index is 0.371. The summed E-state index contributed by atoms with van der Waals surface area (Å²) in [6, 6.07) is 0. The van der Waals surface area contributed by atoms with Crippen LogP contribution in [0.3, 0.4) is 0 Å². The second-order valence-electron chi connectivity index (χ2n) is 2.19. The van der Waals surface area contributed by atoms with Gasteiger partial charge in [0.1, 0.15) is 0 Å². The molecule has 0 aliphatic heterocycles. The molecule has 0 aliphatic carbocycles. The van der Waals surface area contributed by atoms with Crippen LogP contribution < -0.4 is 0 Å². The van der Waals surface area contributed by atoms with Gasteiger partial charge >= 0.3 is 6.18 Å². The molecule has 6 heteroatoms. The van der Waals surface area contributed by atoms with E-state index in [1.54, 1.807) is 0 Å². The van der Waals surface area contributed by atoms with Crippen molar-refractivity contribution in [1.29, 1.82) is 0 Å². The summed E-state index contributed by atoms with van der Waals surface area (Å²) in [5.41, 5.74) is -0.812. The number of rotatable bonds is 2. The van der Waals surface area contributed by atoms with Gasteiger partial charge in [0, 0.05) is 12.4 Å². The van der Waals surface area contributed by atoms with Gasteiger partial charge in [-0.2, -0.15) is 13.2 Å². The fourth-order valence-electron chi connectivity index (χ4n) is 0.666. The highest BCUT2D eigenvalue weighted by atomic mass is 32.2. The van der Waals surface area contributed by atoms with Crippen molar-refractivity contribution in [3.63, 3.8) is 0 Å². The zero-order valence-electron chi connectivity index (χ0n) is 6.80. The van der Waals surface area contributed by atoms with E-state index in [0.29, 0.717) is 5.16 Å². The average molecular weight is 208 g/mol. The van der Waals surface area contributed by atoms with Crippen LogP contribution in [0.15, 0.2) is 17.6 Å². The molecule has 0 N–H and O–H groups in total. The maximum atomic E-state index is 12.0. The van der Waals surface area contributed by atoms with Crippen LogP contribution in [0.2, 0.25) is 0 Å². The van der Waals surface area contributed by atoms with E-state index in [1.165, 1.54) is 11.8 Å². The molecule has 0 amide bonds. The summed E-state index contributed by atoms with van der Waals surface area (Å²) < 4.78 is 36.1. The van der Waals surface area contributed by atoms with Crippen LogP contribution in [0.4, 0.5) is 13.2 Å². The molecule has 0 aliphatic rings. The van der Waals surface area contributed by atoms with Crippen molar-refractivity contribution in [2.24, 2.45) is 0 Å².